The summed E-state index contributed by atoms with van der Waals surface area (Å²) >= 11 is 0. The Balaban J connectivity index is 2.00. The van der Waals surface area contributed by atoms with Gasteiger partial charge in [-0.05, 0) is 37.0 Å². The Bertz CT molecular complexity index is 648. The van der Waals surface area contributed by atoms with Crippen molar-refractivity contribution in [3.05, 3.63) is 41.7 Å². The van der Waals surface area contributed by atoms with E-state index in [1.54, 1.807) is 13.3 Å². The van der Waals surface area contributed by atoms with Gasteiger partial charge in [0, 0.05) is 5.69 Å². The molecular weight excluding hydrogens is 256 g/mol. The molecule has 0 fully saturated rings. The first-order valence-electron chi connectivity index (χ1n) is 6.62. The number of methoxy groups -OCH3 is 1. The Hall–Kier alpha value is -2.30. The van der Waals surface area contributed by atoms with Crippen LogP contribution >= 0.6 is 0 Å². The van der Waals surface area contributed by atoms with Crippen LogP contribution in [-0.2, 0) is 17.6 Å². The number of hydrogen-bond donors (Lipinski definition) is 1. The Morgan fingerprint density at radius 3 is 3.00 bits per heavy atom. The molecule has 0 amide bonds. The van der Waals surface area contributed by atoms with Crippen molar-refractivity contribution in [3.8, 4) is 11.4 Å². The molecule has 0 saturated heterocycles. The number of benzene rings is 1. The third-order valence-electron chi connectivity index (χ3n) is 3.81. The van der Waals surface area contributed by atoms with Gasteiger partial charge < -0.3 is 9.84 Å². The number of nitrogens with zero attached hydrogens (tertiary/aromatic N) is 2. The average molecular weight is 272 g/mol. The molecule has 1 aliphatic rings. The molecule has 3 rings (SSSR count). The van der Waals surface area contributed by atoms with E-state index in [0.29, 0.717) is 12.8 Å². The van der Waals surface area contributed by atoms with Gasteiger partial charge in [-0.3, -0.25) is 4.79 Å². The zero-order chi connectivity index (χ0) is 14.1. The van der Waals surface area contributed by atoms with E-state index in [4.69, 9.17) is 9.84 Å². The maximum atomic E-state index is 11.1. The molecule has 0 radical (unpaired) electrons. The van der Waals surface area contributed by atoms with Crippen molar-refractivity contribution >= 4 is 5.97 Å². The summed E-state index contributed by atoms with van der Waals surface area (Å²) in [5.41, 5.74) is 3.01. The molecule has 1 N–H and O–H groups in total. The molecule has 2 aromatic rings. The van der Waals surface area contributed by atoms with Gasteiger partial charge in [-0.25, -0.2) is 4.68 Å². The van der Waals surface area contributed by atoms with Crippen LogP contribution in [0.3, 0.4) is 0 Å². The van der Waals surface area contributed by atoms with E-state index in [0.717, 1.165) is 29.1 Å². The van der Waals surface area contributed by atoms with E-state index in [1.807, 2.05) is 28.9 Å². The van der Waals surface area contributed by atoms with Crippen molar-refractivity contribution in [2.75, 3.05) is 7.11 Å². The summed E-state index contributed by atoms with van der Waals surface area (Å²) in [5.74, 6) is -0.253. The van der Waals surface area contributed by atoms with Crippen molar-refractivity contribution in [1.29, 1.82) is 0 Å². The van der Waals surface area contributed by atoms with Crippen LogP contribution in [0.2, 0.25) is 0 Å². The van der Waals surface area contributed by atoms with Crippen molar-refractivity contribution in [2.24, 2.45) is 5.92 Å². The normalized spacial score (nSPS) is 17.6. The number of ether oxygens (including phenoxy) is 1. The molecular formula is C15H16N2O3. The number of carbonyl (C=O) groups is 1. The number of carboxylic acids is 1. The van der Waals surface area contributed by atoms with E-state index in [9.17, 15) is 4.79 Å². The number of rotatable bonds is 3. The fourth-order valence-corrected chi connectivity index (χ4v) is 2.75. The Kier molecular flexibility index (Phi) is 3.18. The largest absolute Gasteiger partial charge is 0.494 e. The maximum absolute atomic E-state index is 11.1. The molecule has 1 aromatic carbocycles. The highest BCUT2D eigenvalue weighted by atomic mass is 16.5. The first-order chi connectivity index (χ1) is 9.70. The lowest BCUT2D eigenvalue weighted by molar-refractivity contribution is -0.142. The lowest BCUT2D eigenvalue weighted by Crippen LogP contribution is -2.22. The van der Waals surface area contributed by atoms with Crippen LogP contribution < -0.4 is 4.74 Å². The van der Waals surface area contributed by atoms with Gasteiger partial charge in [0.05, 0.1) is 19.2 Å². The summed E-state index contributed by atoms with van der Waals surface area (Å²) in [6.45, 7) is 0. The minimum absolute atomic E-state index is 0.294. The van der Waals surface area contributed by atoms with Crippen molar-refractivity contribution in [2.45, 2.75) is 19.3 Å². The summed E-state index contributed by atoms with van der Waals surface area (Å²) in [6, 6.07) is 7.70. The topological polar surface area (TPSA) is 64.4 Å². The SMILES string of the molecule is COc1ccccc1-n1ncc2c1CCC(C(=O)O)C2. The maximum Gasteiger partial charge on any atom is 0.306 e. The molecule has 20 heavy (non-hydrogen) atoms. The average Bonchev–Trinajstić information content (AvgIpc) is 2.89. The van der Waals surface area contributed by atoms with E-state index in [1.165, 1.54) is 0 Å². The van der Waals surface area contributed by atoms with Crippen molar-refractivity contribution in [1.82, 2.24) is 9.78 Å². The van der Waals surface area contributed by atoms with Crippen molar-refractivity contribution in [3.63, 3.8) is 0 Å². The molecule has 1 heterocycles. The fraction of sp³-hybridized carbons (Fsp3) is 0.333. The molecule has 104 valence electrons. The lowest BCUT2D eigenvalue weighted by Gasteiger charge is -2.20. The van der Waals surface area contributed by atoms with Crippen LogP contribution in [0.5, 0.6) is 5.75 Å². The predicted octanol–water partition coefficient (Wildman–Crippen LogP) is 2.07. The Morgan fingerprint density at radius 2 is 2.25 bits per heavy atom. The van der Waals surface area contributed by atoms with Crippen LogP contribution in [0.4, 0.5) is 0 Å². The zero-order valence-electron chi connectivity index (χ0n) is 11.2. The third-order valence-corrected chi connectivity index (χ3v) is 3.81. The number of aliphatic carboxylic acids is 1. The Labute approximate surface area is 116 Å². The predicted molar refractivity (Wildman–Crippen MR) is 73.3 cm³/mol. The van der Waals surface area contributed by atoms with Crippen molar-refractivity contribution < 1.29 is 14.6 Å². The quantitative estimate of drug-likeness (QED) is 0.929. The van der Waals surface area contributed by atoms with Gasteiger partial charge in [0.25, 0.3) is 0 Å². The number of para-hydroxylation sites is 2. The summed E-state index contributed by atoms with van der Waals surface area (Å²) in [6.07, 6.45) is 3.71. The van der Waals surface area contributed by atoms with Crippen LogP contribution in [0.1, 0.15) is 17.7 Å². The van der Waals surface area contributed by atoms with Gasteiger partial charge in [0.1, 0.15) is 11.4 Å². The smallest absolute Gasteiger partial charge is 0.306 e. The van der Waals surface area contributed by atoms with Gasteiger partial charge in [0.2, 0.25) is 0 Å². The molecule has 0 spiro atoms. The number of hydrogen-bond acceptors (Lipinski definition) is 3. The summed E-state index contributed by atoms with van der Waals surface area (Å²) in [7, 11) is 1.63. The molecule has 0 bridgehead atoms. The second kappa shape index (κ2) is 5.00. The van der Waals surface area contributed by atoms with Gasteiger partial charge in [-0.1, -0.05) is 12.1 Å². The second-order valence-electron chi connectivity index (χ2n) is 4.98. The first kappa shape index (κ1) is 12.7. The van der Waals surface area contributed by atoms with Gasteiger partial charge in [0.15, 0.2) is 0 Å². The molecule has 5 heteroatoms. The first-order valence-corrected chi connectivity index (χ1v) is 6.62. The highest BCUT2D eigenvalue weighted by molar-refractivity contribution is 5.71. The zero-order valence-corrected chi connectivity index (χ0v) is 11.2. The minimum Gasteiger partial charge on any atom is -0.494 e. The number of aromatic nitrogens is 2. The van der Waals surface area contributed by atoms with Crippen LogP contribution in [0.15, 0.2) is 30.5 Å². The number of carboxylic acid groups (broad SMARTS) is 1. The van der Waals surface area contributed by atoms with E-state index in [-0.39, 0.29) is 5.92 Å². The van der Waals surface area contributed by atoms with Gasteiger partial charge in [-0.2, -0.15) is 5.10 Å². The molecule has 1 aliphatic carbocycles. The highest BCUT2D eigenvalue weighted by Gasteiger charge is 2.27. The third kappa shape index (κ3) is 2.05. The molecule has 0 aliphatic heterocycles. The highest BCUT2D eigenvalue weighted by Crippen LogP contribution is 2.30. The summed E-state index contributed by atoms with van der Waals surface area (Å²) in [4.78, 5) is 11.1. The van der Waals surface area contributed by atoms with Crippen LogP contribution in [0, 0.1) is 5.92 Å². The molecule has 0 saturated carbocycles. The summed E-state index contributed by atoms with van der Waals surface area (Å²) < 4.78 is 7.23. The lowest BCUT2D eigenvalue weighted by atomic mass is 9.88. The van der Waals surface area contributed by atoms with E-state index < -0.39 is 5.97 Å². The Morgan fingerprint density at radius 1 is 1.45 bits per heavy atom. The molecule has 1 unspecified atom stereocenters. The fourth-order valence-electron chi connectivity index (χ4n) is 2.75. The van der Waals surface area contributed by atoms with Crippen LogP contribution in [0.25, 0.3) is 5.69 Å². The summed E-state index contributed by atoms with van der Waals surface area (Å²) in [5, 5.41) is 13.5. The van der Waals surface area contributed by atoms with E-state index in [2.05, 4.69) is 5.10 Å². The van der Waals surface area contributed by atoms with Gasteiger partial charge in [-0.15, -0.1) is 0 Å². The molecule has 1 aromatic heterocycles. The monoisotopic (exact) mass is 272 g/mol. The minimum atomic E-state index is -0.722. The standard InChI is InChI=1S/C15H16N2O3/c1-20-14-5-3-2-4-13(14)17-12-7-6-10(15(18)19)8-11(12)9-16-17/h2-5,9-10H,6-8H2,1H3,(H,18,19). The molecule has 5 nitrogen and oxygen atoms in total. The van der Waals surface area contributed by atoms with Gasteiger partial charge >= 0.3 is 5.97 Å². The number of fused-ring (bicyclic) bond motifs is 1. The van der Waals surface area contributed by atoms with E-state index >= 15 is 0 Å². The second-order valence-corrected chi connectivity index (χ2v) is 4.98. The molecule has 1 atom stereocenters. The van der Waals surface area contributed by atoms with Crippen LogP contribution in [-0.4, -0.2) is 28.0 Å².